The fourth-order valence-corrected chi connectivity index (χ4v) is 5.28. The molecule has 0 saturated carbocycles. The Balaban J connectivity index is 1.36. The molecule has 0 spiro atoms. The summed E-state index contributed by atoms with van der Waals surface area (Å²) in [6.45, 7) is 8.96. The molecule has 3 N–H and O–H groups in total. The molecule has 0 radical (unpaired) electrons. The van der Waals surface area contributed by atoms with Crippen molar-refractivity contribution in [2.24, 2.45) is 0 Å². The smallest absolute Gasteiger partial charge is 0.335 e. The van der Waals surface area contributed by atoms with Crippen molar-refractivity contribution in [1.29, 1.82) is 0 Å². The standard InChI is InChI=1S/C35H41NO4/c1-5-10-28-20-29(17-18-33(28)34(38)39)32-14-9-8-13-31(32)24(2)40-23-30(37)22-36-35(3,4)21-25-15-16-26-11-6-7-12-27(26)19-25/h6-9,11-20,24,30,36-37H,5,10,21-23H2,1-4H3,(H,38,39). The molecule has 0 amide bonds. The summed E-state index contributed by atoms with van der Waals surface area (Å²) in [7, 11) is 0. The Bertz CT molecular complexity index is 1440. The number of aryl methyl sites for hydroxylation is 1. The van der Waals surface area contributed by atoms with Crippen molar-refractivity contribution in [3.05, 3.63) is 107 Å². The molecule has 0 bridgehead atoms. The minimum Gasteiger partial charge on any atom is -0.478 e. The van der Waals surface area contributed by atoms with Crippen molar-refractivity contribution in [3.63, 3.8) is 0 Å². The van der Waals surface area contributed by atoms with Crippen LogP contribution in [0, 0.1) is 0 Å². The number of nitrogens with one attached hydrogen (secondary N) is 1. The van der Waals surface area contributed by atoms with Gasteiger partial charge in [-0.3, -0.25) is 0 Å². The van der Waals surface area contributed by atoms with E-state index in [2.05, 4.69) is 61.6 Å². The summed E-state index contributed by atoms with van der Waals surface area (Å²) < 4.78 is 6.14. The maximum atomic E-state index is 11.7. The van der Waals surface area contributed by atoms with Gasteiger partial charge in [-0.15, -0.1) is 0 Å². The van der Waals surface area contributed by atoms with E-state index in [1.807, 2.05) is 50.2 Å². The van der Waals surface area contributed by atoms with Crippen molar-refractivity contribution >= 4 is 16.7 Å². The molecule has 0 saturated heterocycles. The number of aliphatic hydroxyl groups is 1. The average molecular weight is 540 g/mol. The van der Waals surface area contributed by atoms with Gasteiger partial charge in [0.25, 0.3) is 0 Å². The van der Waals surface area contributed by atoms with Crippen LogP contribution in [-0.2, 0) is 17.6 Å². The highest BCUT2D eigenvalue weighted by molar-refractivity contribution is 5.90. The Morgan fingerprint density at radius 1 is 0.950 bits per heavy atom. The van der Waals surface area contributed by atoms with Crippen LogP contribution in [-0.4, -0.2) is 41.0 Å². The predicted molar refractivity (Wildman–Crippen MR) is 163 cm³/mol. The summed E-state index contributed by atoms with van der Waals surface area (Å²) in [6.07, 6.45) is 1.52. The molecule has 2 unspecified atom stereocenters. The van der Waals surface area contributed by atoms with Crippen LogP contribution in [0.2, 0.25) is 0 Å². The maximum Gasteiger partial charge on any atom is 0.335 e. The van der Waals surface area contributed by atoms with E-state index >= 15 is 0 Å². The number of benzene rings is 4. The third kappa shape index (κ3) is 7.57. The second-order valence-corrected chi connectivity index (χ2v) is 11.3. The number of hydrogen-bond donors (Lipinski definition) is 3. The lowest BCUT2D eigenvalue weighted by Gasteiger charge is -2.28. The SMILES string of the molecule is CCCc1cc(-c2ccccc2C(C)OCC(O)CNC(C)(C)Cc2ccc3ccccc3c2)ccc1C(=O)O. The Kier molecular flexibility index (Phi) is 9.75. The number of carboxylic acids is 1. The summed E-state index contributed by atoms with van der Waals surface area (Å²) in [6, 6.07) is 28.5. The number of ether oxygens (including phenoxy) is 1. The summed E-state index contributed by atoms with van der Waals surface area (Å²) in [5.41, 5.74) is 5.23. The van der Waals surface area contributed by atoms with Crippen LogP contribution in [0.1, 0.15) is 67.3 Å². The van der Waals surface area contributed by atoms with Gasteiger partial charge < -0.3 is 20.3 Å². The van der Waals surface area contributed by atoms with Crippen LogP contribution >= 0.6 is 0 Å². The molecule has 210 valence electrons. The quantitative estimate of drug-likeness (QED) is 0.167. The van der Waals surface area contributed by atoms with E-state index in [1.54, 1.807) is 6.07 Å². The summed E-state index contributed by atoms with van der Waals surface area (Å²) in [4.78, 5) is 11.7. The van der Waals surface area contributed by atoms with Crippen LogP contribution in [0.3, 0.4) is 0 Å². The summed E-state index contributed by atoms with van der Waals surface area (Å²) in [5.74, 6) is -0.900. The molecule has 4 rings (SSSR count). The van der Waals surface area contributed by atoms with Crippen LogP contribution in [0.5, 0.6) is 0 Å². The van der Waals surface area contributed by atoms with Gasteiger partial charge in [0.2, 0.25) is 0 Å². The molecule has 5 heteroatoms. The molecule has 0 heterocycles. The molecule has 0 aliphatic heterocycles. The molecule has 0 fully saturated rings. The molecule has 2 atom stereocenters. The highest BCUT2D eigenvalue weighted by atomic mass is 16.5. The highest BCUT2D eigenvalue weighted by Crippen LogP contribution is 2.32. The fraction of sp³-hybridized carbons (Fsp3) is 0.343. The molecule has 4 aromatic rings. The Morgan fingerprint density at radius 3 is 2.42 bits per heavy atom. The first-order valence-corrected chi connectivity index (χ1v) is 14.1. The van der Waals surface area contributed by atoms with Gasteiger partial charge >= 0.3 is 5.97 Å². The number of fused-ring (bicyclic) bond motifs is 1. The first kappa shape index (κ1) is 29.5. The first-order valence-electron chi connectivity index (χ1n) is 14.1. The zero-order valence-corrected chi connectivity index (χ0v) is 24.0. The number of aromatic carboxylic acids is 1. The molecule has 0 aliphatic carbocycles. The fourth-order valence-electron chi connectivity index (χ4n) is 5.28. The number of aliphatic hydroxyl groups excluding tert-OH is 1. The van der Waals surface area contributed by atoms with E-state index in [-0.39, 0.29) is 18.2 Å². The van der Waals surface area contributed by atoms with E-state index in [0.717, 1.165) is 35.1 Å². The Morgan fingerprint density at radius 2 is 1.68 bits per heavy atom. The molecule has 0 aromatic heterocycles. The highest BCUT2D eigenvalue weighted by Gasteiger charge is 2.21. The lowest BCUT2D eigenvalue weighted by Crippen LogP contribution is -2.46. The van der Waals surface area contributed by atoms with Gasteiger partial charge in [0.05, 0.1) is 24.4 Å². The van der Waals surface area contributed by atoms with E-state index in [0.29, 0.717) is 18.5 Å². The summed E-state index contributed by atoms with van der Waals surface area (Å²) >= 11 is 0. The first-order chi connectivity index (χ1) is 19.2. The Hall–Kier alpha value is -3.51. The second-order valence-electron chi connectivity index (χ2n) is 11.3. The van der Waals surface area contributed by atoms with Gasteiger partial charge in [-0.05, 0) is 78.3 Å². The molecular formula is C35H41NO4. The normalized spacial score (nSPS) is 13.3. The van der Waals surface area contributed by atoms with Crippen molar-refractivity contribution in [2.75, 3.05) is 13.2 Å². The Labute approximate surface area is 237 Å². The van der Waals surface area contributed by atoms with Gasteiger partial charge in [0.15, 0.2) is 0 Å². The van der Waals surface area contributed by atoms with Crippen molar-refractivity contribution in [3.8, 4) is 11.1 Å². The maximum absolute atomic E-state index is 11.7. The van der Waals surface area contributed by atoms with Gasteiger partial charge in [0.1, 0.15) is 0 Å². The average Bonchev–Trinajstić information content (AvgIpc) is 2.94. The number of rotatable bonds is 13. The largest absolute Gasteiger partial charge is 0.478 e. The van der Waals surface area contributed by atoms with Gasteiger partial charge in [-0.25, -0.2) is 4.79 Å². The van der Waals surface area contributed by atoms with Gasteiger partial charge in [-0.2, -0.15) is 0 Å². The van der Waals surface area contributed by atoms with E-state index in [1.165, 1.54) is 16.3 Å². The number of hydrogen-bond acceptors (Lipinski definition) is 4. The van der Waals surface area contributed by atoms with E-state index in [4.69, 9.17) is 4.74 Å². The van der Waals surface area contributed by atoms with Crippen molar-refractivity contribution in [2.45, 2.75) is 64.7 Å². The monoisotopic (exact) mass is 539 g/mol. The van der Waals surface area contributed by atoms with Gasteiger partial charge in [0, 0.05) is 12.1 Å². The minimum absolute atomic E-state index is 0.194. The third-order valence-corrected chi connectivity index (χ3v) is 7.38. The zero-order valence-electron chi connectivity index (χ0n) is 24.0. The molecule has 4 aromatic carbocycles. The molecule has 0 aliphatic rings. The van der Waals surface area contributed by atoms with Crippen molar-refractivity contribution in [1.82, 2.24) is 5.32 Å². The number of carboxylic acid groups (broad SMARTS) is 1. The van der Waals surface area contributed by atoms with E-state index < -0.39 is 12.1 Å². The molecular weight excluding hydrogens is 498 g/mol. The number of carbonyl (C=O) groups is 1. The second kappa shape index (κ2) is 13.2. The minimum atomic E-state index is -0.900. The third-order valence-electron chi connectivity index (χ3n) is 7.38. The van der Waals surface area contributed by atoms with Crippen LogP contribution in [0.25, 0.3) is 21.9 Å². The zero-order chi connectivity index (χ0) is 28.7. The molecule has 5 nitrogen and oxygen atoms in total. The lowest BCUT2D eigenvalue weighted by molar-refractivity contribution is -0.00397. The summed E-state index contributed by atoms with van der Waals surface area (Å²) in [5, 5.41) is 26.3. The van der Waals surface area contributed by atoms with Gasteiger partial charge in [-0.1, -0.05) is 92.2 Å². The lowest BCUT2D eigenvalue weighted by atomic mass is 9.92. The van der Waals surface area contributed by atoms with Crippen LogP contribution in [0.4, 0.5) is 0 Å². The molecule has 40 heavy (non-hydrogen) atoms. The number of β-amino-alcohol motifs (C(OH)–C–C–N with tert-alkyl or cyclic N) is 1. The van der Waals surface area contributed by atoms with Crippen molar-refractivity contribution < 1.29 is 19.7 Å². The van der Waals surface area contributed by atoms with E-state index in [9.17, 15) is 15.0 Å². The predicted octanol–water partition coefficient (Wildman–Crippen LogP) is 7.21. The van der Waals surface area contributed by atoms with Crippen LogP contribution < -0.4 is 5.32 Å². The topological polar surface area (TPSA) is 78.8 Å². The van der Waals surface area contributed by atoms with Crippen LogP contribution in [0.15, 0.2) is 84.9 Å².